The number of nitrogens with zero attached hydrogens (tertiary/aromatic N) is 6. The zero-order valence-corrected chi connectivity index (χ0v) is 23.5. The molecular formula is C32H32N8O2. The van der Waals surface area contributed by atoms with Crippen molar-refractivity contribution >= 4 is 22.9 Å². The molecule has 1 aliphatic carbocycles. The molecule has 5 heterocycles. The van der Waals surface area contributed by atoms with Crippen LogP contribution in [0.1, 0.15) is 42.2 Å². The van der Waals surface area contributed by atoms with Crippen LogP contribution in [0.4, 0.5) is 5.82 Å². The molecule has 1 atom stereocenters. The molecule has 1 saturated heterocycles. The van der Waals surface area contributed by atoms with Crippen molar-refractivity contribution in [3.63, 3.8) is 0 Å². The summed E-state index contributed by atoms with van der Waals surface area (Å²) in [5.74, 6) is 2.29. The molecule has 10 nitrogen and oxygen atoms in total. The van der Waals surface area contributed by atoms with Crippen molar-refractivity contribution in [2.24, 2.45) is 0 Å². The molecule has 212 valence electrons. The largest absolute Gasteiger partial charge is 0.440 e. The zero-order chi connectivity index (χ0) is 28.8. The number of nitrogens with one attached hydrogen (secondary N) is 1. The number of hydrogen-bond acceptors (Lipinski definition) is 8. The number of pyridine rings is 2. The van der Waals surface area contributed by atoms with E-state index in [-0.39, 0.29) is 11.9 Å². The molecule has 1 amide bonds. The second-order valence-electron chi connectivity index (χ2n) is 11.0. The van der Waals surface area contributed by atoms with Gasteiger partial charge in [0.05, 0.1) is 11.8 Å². The van der Waals surface area contributed by atoms with Gasteiger partial charge < -0.3 is 20.4 Å². The van der Waals surface area contributed by atoms with E-state index in [2.05, 4.69) is 44.6 Å². The van der Waals surface area contributed by atoms with Crippen LogP contribution in [0, 0.1) is 6.92 Å². The molecule has 0 bridgehead atoms. The van der Waals surface area contributed by atoms with Crippen molar-refractivity contribution in [2.75, 3.05) is 18.8 Å². The van der Waals surface area contributed by atoms with Crippen LogP contribution >= 0.6 is 0 Å². The lowest BCUT2D eigenvalue weighted by Crippen LogP contribution is -2.45. The number of nitrogens with two attached hydrogens (primary N) is 1. The van der Waals surface area contributed by atoms with Crippen molar-refractivity contribution < 1.29 is 9.21 Å². The van der Waals surface area contributed by atoms with Gasteiger partial charge in [0.15, 0.2) is 11.5 Å². The smallest absolute Gasteiger partial charge is 0.245 e. The second kappa shape index (κ2) is 10.5. The Morgan fingerprint density at radius 3 is 2.74 bits per heavy atom. The number of nitrogen functional groups attached to an aromatic ring is 1. The monoisotopic (exact) mass is 560 g/mol. The summed E-state index contributed by atoms with van der Waals surface area (Å²) in [7, 11) is 0. The third kappa shape index (κ3) is 4.63. The summed E-state index contributed by atoms with van der Waals surface area (Å²) in [5, 5.41) is 3.87. The highest BCUT2D eigenvalue weighted by Crippen LogP contribution is 2.37. The van der Waals surface area contributed by atoms with Crippen molar-refractivity contribution in [1.82, 2.24) is 34.7 Å². The molecule has 0 saturated carbocycles. The minimum absolute atomic E-state index is 0.0174. The maximum Gasteiger partial charge on any atom is 0.245 e. The SMILES string of the molecule is C=CC(=O)N1CCC(N[C@H]2CCc3cc(-n4c(-c5cccnc5N)nc5ccc(-c6ncc(C)o6)nc54)ccc32)CC1. The van der Waals surface area contributed by atoms with Gasteiger partial charge in [-0.1, -0.05) is 12.6 Å². The third-order valence-electron chi connectivity index (χ3n) is 8.30. The number of carbonyl (C=O) groups is 1. The molecule has 5 aromatic rings. The van der Waals surface area contributed by atoms with Crippen LogP contribution in [0.25, 0.3) is 39.8 Å². The molecule has 2 aliphatic rings. The highest BCUT2D eigenvalue weighted by atomic mass is 16.4. The lowest BCUT2D eigenvalue weighted by molar-refractivity contribution is -0.127. The average Bonchev–Trinajstić information content (AvgIpc) is 3.73. The molecule has 0 radical (unpaired) electrons. The van der Waals surface area contributed by atoms with E-state index in [4.69, 9.17) is 20.1 Å². The number of oxazole rings is 1. The van der Waals surface area contributed by atoms with Gasteiger partial charge >= 0.3 is 0 Å². The van der Waals surface area contributed by atoms with Crippen molar-refractivity contribution in [3.8, 4) is 28.7 Å². The Balaban J connectivity index is 1.24. The van der Waals surface area contributed by atoms with Crippen LogP contribution < -0.4 is 11.1 Å². The number of imidazole rings is 1. The van der Waals surface area contributed by atoms with Gasteiger partial charge in [0.2, 0.25) is 11.8 Å². The van der Waals surface area contributed by atoms with Crippen LogP contribution in [0.15, 0.2) is 71.9 Å². The maximum absolute atomic E-state index is 12.0. The fraction of sp³-hybridized carbons (Fsp3) is 0.281. The summed E-state index contributed by atoms with van der Waals surface area (Å²) in [4.78, 5) is 32.5. The normalized spacial score (nSPS) is 17.1. The summed E-state index contributed by atoms with van der Waals surface area (Å²) in [6.07, 6.45) is 8.66. The Labute approximate surface area is 243 Å². The molecule has 42 heavy (non-hydrogen) atoms. The number of likely N-dealkylation sites (tertiary alicyclic amines) is 1. The summed E-state index contributed by atoms with van der Waals surface area (Å²) in [6.45, 7) is 7.00. The van der Waals surface area contributed by atoms with E-state index in [0.29, 0.717) is 34.9 Å². The molecule has 0 unspecified atom stereocenters. The number of aryl methyl sites for hydroxylation is 2. The highest BCUT2D eigenvalue weighted by Gasteiger charge is 2.29. The molecule has 4 aromatic heterocycles. The number of fused-ring (bicyclic) bond motifs is 2. The Hall–Kier alpha value is -4.83. The maximum atomic E-state index is 12.0. The second-order valence-corrected chi connectivity index (χ2v) is 11.0. The molecule has 7 rings (SSSR count). The number of piperidine rings is 1. The van der Waals surface area contributed by atoms with Gasteiger partial charge in [-0.25, -0.2) is 19.9 Å². The van der Waals surface area contributed by atoms with Crippen molar-refractivity contribution in [3.05, 3.63) is 84.4 Å². The Morgan fingerprint density at radius 2 is 1.98 bits per heavy atom. The predicted molar refractivity (Wildman–Crippen MR) is 161 cm³/mol. The third-order valence-corrected chi connectivity index (χ3v) is 8.30. The lowest BCUT2D eigenvalue weighted by Gasteiger charge is -2.33. The number of anilines is 1. The first kappa shape index (κ1) is 26.1. The van der Waals surface area contributed by atoms with Gasteiger partial charge in [0.1, 0.15) is 22.8 Å². The molecular weight excluding hydrogens is 528 g/mol. The number of carbonyl (C=O) groups excluding carboxylic acids is 1. The average molecular weight is 561 g/mol. The predicted octanol–water partition coefficient (Wildman–Crippen LogP) is 4.78. The Morgan fingerprint density at radius 1 is 1.12 bits per heavy atom. The number of benzene rings is 1. The van der Waals surface area contributed by atoms with Gasteiger partial charge in [0.25, 0.3) is 0 Å². The fourth-order valence-electron chi connectivity index (χ4n) is 6.18. The Bertz CT molecular complexity index is 1810. The summed E-state index contributed by atoms with van der Waals surface area (Å²) >= 11 is 0. The summed E-state index contributed by atoms with van der Waals surface area (Å²) < 4.78 is 7.82. The van der Waals surface area contributed by atoms with Gasteiger partial charge in [-0.2, -0.15) is 0 Å². The number of rotatable bonds is 6. The van der Waals surface area contributed by atoms with Crippen molar-refractivity contribution in [1.29, 1.82) is 0 Å². The molecule has 1 fully saturated rings. The standard InChI is InChI=1S/C32H32N8O2/c1-3-28(41)39-15-12-21(13-16-39)36-25-9-6-20-17-22(7-8-23(20)25)40-30(24-5-4-14-34-29(24)33)37-26-10-11-27(38-31(26)40)32-35-18-19(2)42-32/h3-5,7-8,10-11,14,17-18,21,25,36H,1,6,9,12-13,15-16H2,2H3,(H2,33,34)/t25-/m0/s1. The zero-order valence-electron chi connectivity index (χ0n) is 23.5. The van der Waals surface area contributed by atoms with E-state index in [1.807, 2.05) is 36.1 Å². The van der Waals surface area contributed by atoms with Gasteiger partial charge in [-0.05, 0) is 86.2 Å². The van der Waals surface area contributed by atoms with E-state index in [9.17, 15) is 4.79 Å². The van der Waals surface area contributed by atoms with Gasteiger partial charge in [-0.3, -0.25) is 9.36 Å². The molecule has 10 heteroatoms. The molecule has 1 aromatic carbocycles. The van der Waals surface area contributed by atoms with E-state index >= 15 is 0 Å². The Kier molecular flexibility index (Phi) is 6.54. The van der Waals surface area contributed by atoms with E-state index in [1.54, 1.807) is 12.4 Å². The molecule has 1 aliphatic heterocycles. The van der Waals surface area contributed by atoms with E-state index < -0.39 is 0 Å². The van der Waals surface area contributed by atoms with Crippen LogP contribution in [-0.4, -0.2) is 54.4 Å². The van der Waals surface area contributed by atoms with E-state index in [0.717, 1.165) is 61.3 Å². The minimum atomic E-state index is 0.0174. The van der Waals surface area contributed by atoms with Crippen LogP contribution in [0.2, 0.25) is 0 Å². The fourth-order valence-corrected chi connectivity index (χ4v) is 6.18. The van der Waals surface area contributed by atoms with Crippen LogP contribution in [0.3, 0.4) is 0 Å². The van der Waals surface area contributed by atoms with E-state index in [1.165, 1.54) is 17.2 Å². The first-order valence-corrected chi connectivity index (χ1v) is 14.3. The van der Waals surface area contributed by atoms with Crippen molar-refractivity contribution in [2.45, 2.75) is 44.7 Å². The molecule has 3 N–H and O–H groups in total. The first-order valence-electron chi connectivity index (χ1n) is 14.3. The lowest BCUT2D eigenvalue weighted by atomic mass is 10.0. The van der Waals surface area contributed by atoms with Crippen LogP contribution in [-0.2, 0) is 11.2 Å². The van der Waals surface area contributed by atoms with Crippen LogP contribution in [0.5, 0.6) is 0 Å². The molecule has 0 spiro atoms. The first-order chi connectivity index (χ1) is 20.5. The minimum Gasteiger partial charge on any atom is -0.440 e. The highest BCUT2D eigenvalue weighted by molar-refractivity contribution is 5.87. The summed E-state index contributed by atoms with van der Waals surface area (Å²) in [5.41, 5.74) is 12.7. The van der Waals surface area contributed by atoms with Gasteiger partial charge in [0, 0.05) is 37.1 Å². The summed E-state index contributed by atoms with van der Waals surface area (Å²) in [6, 6.07) is 14.9. The van der Waals surface area contributed by atoms with Gasteiger partial charge in [-0.15, -0.1) is 0 Å². The number of aromatic nitrogens is 5. The number of hydrogen-bond donors (Lipinski definition) is 2. The number of amides is 1. The quantitative estimate of drug-likeness (QED) is 0.284. The topological polar surface area (TPSA) is 128 Å².